The van der Waals surface area contributed by atoms with Crippen molar-refractivity contribution in [3.63, 3.8) is 0 Å². The van der Waals surface area contributed by atoms with Gasteiger partial charge >= 0.3 is 0 Å². The SMILES string of the molecule is Cc1cc(=O)n(-c2ccc(F)cc2)[nH]1. The van der Waals surface area contributed by atoms with Gasteiger partial charge in [0.05, 0.1) is 5.69 Å². The molecule has 0 aliphatic rings. The Labute approximate surface area is 79.8 Å². The smallest absolute Gasteiger partial charge is 0.271 e. The normalized spacial score (nSPS) is 10.4. The monoisotopic (exact) mass is 192 g/mol. The number of hydrogen-bond acceptors (Lipinski definition) is 1. The highest BCUT2D eigenvalue weighted by atomic mass is 19.1. The number of benzene rings is 1. The lowest BCUT2D eigenvalue weighted by Crippen LogP contribution is -2.13. The Balaban J connectivity index is 2.54. The fourth-order valence-corrected chi connectivity index (χ4v) is 1.30. The van der Waals surface area contributed by atoms with Crippen LogP contribution in [-0.2, 0) is 0 Å². The topological polar surface area (TPSA) is 37.8 Å². The average molecular weight is 192 g/mol. The third-order valence-corrected chi connectivity index (χ3v) is 1.93. The second-order valence-corrected chi connectivity index (χ2v) is 3.09. The summed E-state index contributed by atoms with van der Waals surface area (Å²) in [4.78, 5) is 11.4. The molecule has 0 saturated carbocycles. The summed E-state index contributed by atoms with van der Waals surface area (Å²) < 4.78 is 14.0. The van der Waals surface area contributed by atoms with Crippen LogP contribution in [0.3, 0.4) is 0 Å². The van der Waals surface area contributed by atoms with Crippen molar-refractivity contribution in [2.75, 3.05) is 0 Å². The Morgan fingerprint density at radius 1 is 1.29 bits per heavy atom. The molecule has 0 amide bonds. The molecule has 0 aliphatic heterocycles. The van der Waals surface area contributed by atoms with Crippen LogP contribution in [0.2, 0.25) is 0 Å². The number of nitrogens with one attached hydrogen (secondary N) is 1. The lowest BCUT2D eigenvalue weighted by atomic mass is 10.3. The van der Waals surface area contributed by atoms with Gasteiger partial charge in [0.2, 0.25) is 0 Å². The molecule has 1 heterocycles. The van der Waals surface area contributed by atoms with E-state index in [1.807, 2.05) is 0 Å². The molecular formula is C10H9FN2O. The Morgan fingerprint density at radius 3 is 2.43 bits per heavy atom. The number of H-pyrrole nitrogens is 1. The highest BCUT2D eigenvalue weighted by Crippen LogP contribution is 2.05. The average Bonchev–Trinajstić information content (AvgIpc) is 2.47. The van der Waals surface area contributed by atoms with Crippen LogP contribution >= 0.6 is 0 Å². The second-order valence-electron chi connectivity index (χ2n) is 3.09. The molecule has 1 N–H and O–H groups in total. The highest BCUT2D eigenvalue weighted by Gasteiger charge is 2.01. The first-order valence-corrected chi connectivity index (χ1v) is 4.21. The minimum atomic E-state index is -0.315. The molecule has 2 aromatic rings. The molecule has 2 rings (SSSR count). The van der Waals surface area contributed by atoms with E-state index in [1.165, 1.54) is 22.9 Å². The molecule has 0 unspecified atom stereocenters. The van der Waals surface area contributed by atoms with Gasteiger partial charge in [-0.1, -0.05) is 0 Å². The van der Waals surface area contributed by atoms with E-state index >= 15 is 0 Å². The molecule has 0 fully saturated rings. The number of rotatable bonds is 1. The van der Waals surface area contributed by atoms with E-state index in [2.05, 4.69) is 5.10 Å². The summed E-state index contributed by atoms with van der Waals surface area (Å²) in [5.41, 5.74) is 1.26. The standard InChI is InChI=1S/C10H9FN2O/c1-7-6-10(14)13(12-7)9-4-2-8(11)3-5-9/h2-6,12H,1H3. The van der Waals surface area contributed by atoms with Gasteiger partial charge < -0.3 is 0 Å². The summed E-state index contributed by atoms with van der Waals surface area (Å²) in [6.45, 7) is 1.79. The molecule has 0 saturated heterocycles. The third-order valence-electron chi connectivity index (χ3n) is 1.93. The fourth-order valence-electron chi connectivity index (χ4n) is 1.30. The number of aryl methyl sites for hydroxylation is 1. The molecule has 14 heavy (non-hydrogen) atoms. The van der Waals surface area contributed by atoms with E-state index in [0.29, 0.717) is 5.69 Å². The van der Waals surface area contributed by atoms with Gasteiger partial charge in [0.15, 0.2) is 0 Å². The Hall–Kier alpha value is -1.84. The van der Waals surface area contributed by atoms with E-state index in [9.17, 15) is 9.18 Å². The van der Waals surface area contributed by atoms with Gasteiger partial charge in [-0.15, -0.1) is 0 Å². The fraction of sp³-hybridized carbons (Fsp3) is 0.100. The number of halogens is 1. The van der Waals surface area contributed by atoms with Crippen molar-refractivity contribution in [3.05, 3.63) is 52.2 Å². The van der Waals surface area contributed by atoms with Crippen LogP contribution in [0.15, 0.2) is 35.1 Å². The summed E-state index contributed by atoms with van der Waals surface area (Å²) in [6, 6.07) is 7.22. The van der Waals surface area contributed by atoms with Crippen molar-refractivity contribution < 1.29 is 4.39 Å². The van der Waals surface area contributed by atoms with Crippen LogP contribution in [0.1, 0.15) is 5.69 Å². The zero-order valence-corrected chi connectivity index (χ0v) is 7.62. The maximum absolute atomic E-state index is 12.6. The Bertz CT molecular complexity index is 496. The minimum absolute atomic E-state index is 0.144. The maximum atomic E-state index is 12.6. The number of aromatic nitrogens is 2. The summed E-state index contributed by atoms with van der Waals surface area (Å²) in [6.07, 6.45) is 0. The highest BCUT2D eigenvalue weighted by molar-refractivity contribution is 5.30. The van der Waals surface area contributed by atoms with E-state index in [-0.39, 0.29) is 11.4 Å². The van der Waals surface area contributed by atoms with Gasteiger partial charge in [0.1, 0.15) is 5.82 Å². The molecular weight excluding hydrogens is 183 g/mol. The molecule has 0 bridgehead atoms. The molecule has 0 radical (unpaired) electrons. The van der Waals surface area contributed by atoms with Crippen molar-refractivity contribution >= 4 is 0 Å². The van der Waals surface area contributed by atoms with Gasteiger partial charge in [-0.3, -0.25) is 9.89 Å². The zero-order chi connectivity index (χ0) is 10.1. The van der Waals surface area contributed by atoms with Gasteiger partial charge in [-0.05, 0) is 31.2 Å². The molecule has 0 spiro atoms. The number of hydrogen-bond donors (Lipinski definition) is 1. The van der Waals surface area contributed by atoms with Crippen molar-refractivity contribution in [3.8, 4) is 5.69 Å². The zero-order valence-electron chi connectivity index (χ0n) is 7.62. The Morgan fingerprint density at radius 2 is 1.93 bits per heavy atom. The lowest BCUT2D eigenvalue weighted by molar-refractivity contribution is 0.627. The first-order chi connectivity index (χ1) is 6.66. The number of nitrogens with zero attached hydrogens (tertiary/aromatic N) is 1. The van der Waals surface area contributed by atoms with E-state index in [1.54, 1.807) is 19.1 Å². The lowest BCUT2D eigenvalue weighted by Gasteiger charge is -2.00. The van der Waals surface area contributed by atoms with E-state index in [0.717, 1.165) is 5.69 Å². The molecule has 4 heteroatoms. The third kappa shape index (κ3) is 1.46. The van der Waals surface area contributed by atoms with Crippen molar-refractivity contribution in [1.82, 2.24) is 9.78 Å². The molecule has 0 aliphatic carbocycles. The van der Waals surface area contributed by atoms with Crippen molar-refractivity contribution in [1.29, 1.82) is 0 Å². The summed E-state index contributed by atoms with van der Waals surface area (Å²) in [7, 11) is 0. The predicted octanol–water partition coefficient (Wildman–Crippen LogP) is 1.61. The molecule has 1 aromatic carbocycles. The van der Waals surface area contributed by atoms with Gasteiger partial charge in [-0.25, -0.2) is 9.07 Å². The second kappa shape index (κ2) is 3.14. The molecule has 72 valence electrons. The number of aromatic amines is 1. The van der Waals surface area contributed by atoms with Gasteiger partial charge in [0.25, 0.3) is 5.56 Å². The van der Waals surface area contributed by atoms with Crippen molar-refractivity contribution in [2.24, 2.45) is 0 Å². The molecule has 3 nitrogen and oxygen atoms in total. The Kier molecular flexibility index (Phi) is 1.96. The van der Waals surface area contributed by atoms with Crippen LogP contribution in [0.25, 0.3) is 5.69 Å². The van der Waals surface area contributed by atoms with Gasteiger partial charge in [-0.2, -0.15) is 0 Å². The molecule has 1 aromatic heterocycles. The van der Waals surface area contributed by atoms with Crippen LogP contribution in [-0.4, -0.2) is 9.78 Å². The summed E-state index contributed by atoms with van der Waals surface area (Å²) in [5.74, 6) is -0.315. The van der Waals surface area contributed by atoms with E-state index in [4.69, 9.17) is 0 Å². The summed E-state index contributed by atoms with van der Waals surface area (Å²) >= 11 is 0. The first-order valence-electron chi connectivity index (χ1n) is 4.21. The van der Waals surface area contributed by atoms with Crippen LogP contribution in [0.5, 0.6) is 0 Å². The first kappa shape index (κ1) is 8.74. The van der Waals surface area contributed by atoms with Crippen LogP contribution < -0.4 is 5.56 Å². The largest absolute Gasteiger partial charge is 0.295 e. The van der Waals surface area contributed by atoms with E-state index < -0.39 is 0 Å². The quantitative estimate of drug-likeness (QED) is 0.732. The summed E-state index contributed by atoms with van der Waals surface area (Å²) in [5, 5.41) is 2.86. The molecule has 0 atom stereocenters. The van der Waals surface area contributed by atoms with Crippen LogP contribution in [0.4, 0.5) is 4.39 Å². The minimum Gasteiger partial charge on any atom is -0.295 e. The maximum Gasteiger partial charge on any atom is 0.271 e. The predicted molar refractivity (Wildman–Crippen MR) is 51.1 cm³/mol. The van der Waals surface area contributed by atoms with Gasteiger partial charge in [0, 0.05) is 11.8 Å². The van der Waals surface area contributed by atoms with Crippen LogP contribution in [0, 0.1) is 12.7 Å². The van der Waals surface area contributed by atoms with Crippen molar-refractivity contribution in [2.45, 2.75) is 6.92 Å².